The number of hydrogen-bond acceptors (Lipinski definition) is 4. The van der Waals surface area contributed by atoms with E-state index in [2.05, 4.69) is 29.1 Å². The van der Waals surface area contributed by atoms with Gasteiger partial charge in [0.05, 0.1) is 0 Å². The smallest absolute Gasteiger partial charge is 0.163 e. The third-order valence-electron chi connectivity index (χ3n) is 3.04. The summed E-state index contributed by atoms with van der Waals surface area (Å²) < 4.78 is 0. The lowest BCUT2D eigenvalue weighted by molar-refractivity contribution is 0.566. The molecule has 0 bridgehead atoms. The molecular weight excluding hydrogens is 248 g/mol. The number of anilines is 2. The van der Waals surface area contributed by atoms with Gasteiger partial charge in [-0.2, -0.15) is 0 Å². The van der Waals surface area contributed by atoms with Crippen molar-refractivity contribution in [3.8, 4) is 11.4 Å². The molecule has 0 radical (unpaired) electrons. The van der Waals surface area contributed by atoms with E-state index in [4.69, 9.17) is 5.73 Å². The molecule has 1 aromatic carbocycles. The number of benzene rings is 1. The Morgan fingerprint density at radius 3 is 2.60 bits per heavy atom. The van der Waals surface area contributed by atoms with E-state index >= 15 is 0 Å². The predicted molar refractivity (Wildman–Crippen MR) is 84.4 cm³/mol. The number of nitrogen functional groups attached to an aromatic ring is 1. The second kappa shape index (κ2) is 6.89. The molecule has 20 heavy (non-hydrogen) atoms. The molecule has 3 N–H and O–H groups in total. The average Bonchev–Trinajstić information content (AvgIpc) is 2.44. The van der Waals surface area contributed by atoms with E-state index in [9.17, 15) is 0 Å². The minimum absolute atomic E-state index is 0.491. The predicted octanol–water partition coefficient (Wildman–Crippen LogP) is 3.57. The quantitative estimate of drug-likeness (QED) is 0.788. The molecule has 0 atom stereocenters. The first-order chi connectivity index (χ1) is 9.65. The van der Waals surface area contributed by atoms with Crippen molar-refractivity contribution >= 4 is 11.6 Å². The summed E-state index contributed by atoms with van der Waals surface area (Å²) in [5.41, 5.74) is 6.83. The minimum Gasteiger partial charge on any atom is -0.384 e. The van der Waals surface area contributed by atoms with Gasteiger partial charge in [-0.3, -0.25) is 0 Å². The summed E-state index contributed by atoms with van der Waals surface area (Å²) in [6.07, 6.45) is 2.33. The van der Waals surface area contributed by atoms with Crippen molar-refractivity contribution in [3.05, 3.63) is 36.4 Å². The van der Waals surface area contributed by atoms with Crippen LogP contribution in [-0.2, 0) is 0 Å². The molecule has 4 heteroatoms. The Morgan fingerprint density at radius 1 is 1.15 bits per heavy atom. The van der Waals surface area contributed by atoms with Gasteiger partial charge in [0, 0.05) is 18.2 Å². The standard InChI is InChI=1S/C16H22N4/c1-12(2)7-6-10-18-15-11-14(17)19-16(20-15)13-8-4-3-5-9-13/h3-5,8-9,11-12H,6-7,10H2,1-2H3,(H3,17,18,19,20). The van der Waals surface area contributed by atoms with Gasteiger partial charge in [-0.1, -0.05) is 44.2 Å². The Hall–Kier alpha value is -2.10. The van der Waals surface area contributed by atoms with E-state index in [1.54, 1.807) is 6.07 Å². The van der Waals surface area contributed by atoms with Crippen LogP contribution in [0.3, 0.4) is 0 Å². The van der Waals surface area contributed by atoms with Crippen LogP contribution in [0.25, 0.3) is 11.4 Å². The maximum atomic E-state index is 5.86. The zero-order valence-corrected chi connectivity index (χ0v) is 12.1. The molecule has 0 saturated carbocycles. The van der Waals surface area contributed by atoms with Gasteiger partial charge < -0.3 is 11.1 Å². The highest BCUT2D eigenvalue weighted by molar-refractivity contribution is 5.60. The monoisotopic (exact) mass is 270 g/mol. The topological polar surface area (TPSA) is 63.8 Å². The van der Waals surface area contributed by atoms with Gasteiger partial charge in [-0.15, -0.1) is 0 Å². The van der Waals surface area contributed by atoms with Gasteiger partial charge >= 0.3 is 0 Å². The van der Waals surface area contributed by atoms with Crippen molar-refractivity contribution in [2.45, 2.75) is 26.7 Å². The van der Waals surface area contributed by atoms with Crippen molar-refractivity contribution < 1.29 is 0 Å². The molecule has 0 aliphatic carbocycles. The summed E-state index contributed by atoms with van der Waals surface area (Å²) in [6, 6.07) is 11.7. The van der Waals surface area contributed by atoms with E-state index in [1.165, 1.54) is 6.42 Å². The lowest BCUT2D eigenvalue weighted by Gasteiger charge is -2.09. The summed E-state index contributed by atoms with van der Waals surface area (Å²) in [5.74, 6) is 2.68. The van der Waals surface area contributed by atoms with E-state index in [1.807, 2.05) is 30.3 Å². The number of nitrogens with two attached hydrogens (primary N) is 1. The van der Waals surface area contributed by atoms with Crippen molar-refractivity contribution in [1.29, 1.82) is 0 Å². The number of nitrogens with zero attached hydrogens (tertiary/aromatic N) is 2. The van der Waals surface area contributed by atoms with Crippen LogP contribution >= 0.6 is 0 Å². The largest absolute Gasteiger partial charge is 0.384 e. The van der Waals surface area contributed by atoms with Gasteiger partial charge in [-0.25, -0.2) is 9.97 Å². The van der Waals surface area contributed by atoms with E-state index in [-0.39, 0.29) is 0 Å². The maximum absolute atomic E-state index is 5.86. The van der Waals surface area contributed by atoms with Gasteiger partial charge in [0.15, 0.2) is 5.82 Å². The van der Waals surface area contributed by atoms with Crippen LogP contribution in [0, 0.1) is 5.92 Å². The molecule has 2 aromatic rings. The van der Waals surface area contributed by atoms with Crippen molar-refractivity contribution in [3.63, 3.8) is 0 Å². The number of nitrogens with one attached hydrogen (secondary N) is 1. The van der Waals surface area contributed by atoms with E-state index < -0.39 is 0 Å². The van der Waals surface area contributed by atoms with Crippen LogP contribution in [0.2, 0.25) is 0 Å². The highest BCUT2D eigenvalue weighted by Crippen LogP contribution is 2.18. The third kappa shape index (κ3) is 4.23. The fraction of sp³-hybridized carbons (Fsp3) is 0.375. The SMILES string of the molecule is CC(C)CCCNc1cc(N)nc(-c2ccccc2)n1. The summed E-state index contributed by atoms with van der Waals surface area (Å²) in [5, 5.41) is 3.32. The number of aromatic nitrogens is 2. The van der Waals surface area contributed by atoms with Crippen molar-refractivity contribution in [2.75, 3.05) is 17.6 Å². The molecule has 0 fully saturated rings. The summed E-state index contributed by atoms with van der Waals surface area (Å²) in [6.45, 7) is 5.37. The molecule has 1 aromatic heterocycles. The first kappa shape index (κ1) is 14.3. The Kier molecular flexibility index (Phi) is 4.93. The lowest BCUT2D eigenvalue weighted by atomic mass is 10.1. The fourth-order valence-electron chi connectivity index (χ4n) is 2.00. The Balaban J connectivity index is 2.05. The molecule has 4 nitrogen and oxygen atoms in total. The number of hydrogen-bond donors (Lipinski definition) is 2. The second-order valence-electron chi connectivity index (χ2n) is 5.33. The molecule has 0 amide bonds. The molecule has 1 heterocycles. The lowest BCUT2D eigenvalue weighted by Crippen LogP contribution is -2.07. The molecule has 0 aliphatic rings. The molecule has 0 saturated heterocycles. The molecule has 106 valence electrons. The molecular formula is C16H22N4. The van der Waals surface area contributed by atoms with Crippen LogP contribution < -0.4 is 11.1 Å². The van der Waals surface area contributed by atoms with E-state index in [0.29, 0.717) is 11.6 Å². The Morgan fingerprint density at radius 2 is 1.90 bits per heavy atom. The third-order valence-corrected chi connectivity index (χ3v) is 3.04. The molecule has 2 rings (SSSR count). The molecule has 0 aliphatic heterocycles. The summed E-state index contributed by atoms with van der Waals surface area (Å²) in [7, 11) is 0. The first-order valence-electron chi connectivity index (χ1n) is 7.09. The van der Waals surface area contributed by atoms with Crippen LogP contribution in [0.4, 0.5) is 11.6 Å². The van der Waals surface area contributed by atoms with Crippen LogP contribution in [0.1, 0.15) is 26.7 Å². The van der Waals surface area contributed by atoms with Gasteiger partial charge in [0.2, 0.25) is 0 Å². The highest BCUT2D eigenvalue weighted by Gasteiger charge is 2.04. The maximum Gasteiger partial charge on any atom is 0.163 e. The van der Waals surface area contributed by atoms with Gasteiger partial charge in [-0.05, 0) is 18.8 Å². The summed E-state index contributed by atoms with van der Waals surface area (Å²) >= 11 is 0. The molecule has 0 spiro atoms. The van der Waals surface area contributed by atoms with Crippen LogP contribution in [-0.4, -0.2) is 16.5 Å². The zero-order valence-electron chi connectivity index (χ0n) is 12.1. The highest BCUT2D eigenvalue weighted by atomic mass is 15.0. The van der Waals surface area contributed by atoms with Gasteiger partial charge in [0.1, 0.15) is 11.6 Å². The van der Waals surface area contributed by atoms with Gasteiger partial charge in [0.25, 0.3) is 0 Å². The Labute approximate surface area is 120 Å². The van der Waals surface area contributed by atoms with Crippen molar-refractivity contribution in [1.82, 2.24) is 9.97 Å². The average molecular weight is 270 g/mol. The second-order valence-corrected chi connectivity index (χ2v) is 5.33. The minimum atomic E-state index is 0.491. The zero-order chi connectivity index (χ0) is 14.4. The van der Waals surface area contributed by atoms with E-state index in [0.717, 1.165) is 30.3 Å². The van der Waals surface area contributed by atoms with Crippen LogP contribution in [0.15, 0.2) is 36.4 Å². The number of rotatable bonds is 6. The summed E-state index contributed by atoms with van der Waals surface area (Å²) in [4.78, 5) is 8.81. The fourth-order valence-corrected chi connectivity index (χ4v) is 2.00. The normalized spacial score (nSPS) is 10.8. The van der Waals surface area contributed by atoms with Crippen molar-refractivity contribution in [2.24, 2.45) is 5.92 Å². The Bertz CT molecular complexity index is 537. The van der Waals surface area contributed by atoms with Crippen LogP contribution in [0.5, 0.6) is 0 Å². The molecule has 0 unspecified atom stereocenters. The first-order valence-corrected chi connectivity index (χ1v) is 7.09.